The van der Waals surface area contributed by atoms with E-state index >= 15 is 0 Å². The number of aromatic nitrogens is 4. The number of nitrogens with one attached hydrogen (secondary N) is 1. The molecule has 1 aromatic carbocycles. The zero-order valence-corrected chi connectivity index (χ0v) is 16.7. The van der Waals surface area contributed by atoms with Gasteiger partial charge in [0.05, 0.1) is 6.54 Å². The van der Waals surface area contributed by atoms with Gasteiger partial charge in [0.2, 0.25) is 5.91 Å². The maximum Gasteiger partial charge on any atom is 0.354 e. The van der Waals surface area contributed by atoms with Gasteiger partial charge in [-0.1, -0.05) is 40.9 Å². The number of hydrogen-bond donors (Lipinski definition) is 2. The molecular weight excluding hydrogens is 429 g/mol. The van der Waals surface area contributed by atoms with Gasteiger partial charge in [-0.2, -0.15) is 10.2 Å². The molecule has 0 saturated heterocycles. The third-order valence-electron chi connectivity index (χ3n) is 3.98. The summed E-state index contributed by atoms with van der Waals surface area (Å²) in [6.45, 7) is 1.77. The number of hydrogen-bond acceptors (Lipinski definition) is 4. The van der Waals surface area contributed by atoms with E-state index in [2.05, 4.69) is 15.5 Å². The number of benzene rings is 1. The lowest BCUT2D eigenvalue weighted by molar-refractivity contribution is -0.119. The highest BCUT2D eigenvalue weighted by Gasteiger charge is 2.23. The Morgan fingerprint density at radius 3 is 2.50 bits per heavy atom. The van der Waals surface area contributed by atoms with Crippen molar-refractivity contribution < 1.29 is 14.7 Å². The molecule has 0 spiro atoms. The van der Waals surface area contributed by atoms with Crippen LogP contribution >= 0.6 is 34.8 Å². The highest BCUT2D eigenvalue weighted by atomic mass is 35.5. The first-order valence-electron chi connectivity index (χ1n) is 8.01. The molecule has 0 bridgehead atoms. The minimum atomic E-state index is -1.18. The fourth-order valence-corrected chi connectivity index (χ4v) is 3.25. The second-order valence-corrected chi connectivity index (χ2v) is 7.08. The molecule has 146 valence electrons. The fourth-order valence-electron chi connectivity index (χ4n) is 2.53. The topological polar surface area (TPSA) is 102 Å². The smallest absolute Gasteiger partial charge is 0.354 e. The van der Waals surface area contributed by atoms with Gasteiger partial charge in [0.25, 0.3) is 0 Å². The largest absolute Gasteiger partial charge is 0.477 e. The summed E-state index contributed by atoms with van der Waals surface area (Å²) in [5.74, 6) is -1.57. The van der Waals surface area contributed by atoms with Gasteiger partial charge >= 0.3 is 5.97 Å². The van der Waals surface area contributed by atoms with Crippen molar-refractivity contribution >= 4 is 52.5 Å². The number of carboxylic acids is 1. The first kappa shape index (κ1) is 20.2. The minimum Gasteiger partial charge on any atom is -0.477 e. The summed E-state index contributed by atoms with van der Waals surface area (Å²) in [6.07, 6.45) is 2.83. The zero-order valence-electron chi connectivity index (χ0n) is 14.4. The van der Waals surface area contributed by atoms with Crippen LogP contribution in [0.4, 0.5) is 5.82 Å². The average molecular weight is 443 g/mol. The van der Waals surface area contributed by atoms with E-state index < -0.39 is 17.9 Å². The van der Waals surface area contributed by atoms with Gasteiger partial charge in [-0.05, 0) is 25.1 Å². The van der Waals surface area contributed by atoms with Crippen molar-refractivity contribution in [3.05, 3.63) is 63.0 Å². The summed E-state index contributed by atoms with van der Waals surface area (Å²) in [5, 5.41) is 21.0. The van der Waals surface area contributed by atoms with Crippen molar-refractivity contribution in [2.75, 3.05) is 5.32 Å². The number of carbonyl (C=O) groups excluding carboxylic acids is 1. The summed E-state index contributed by atoms with van der Waals surface area (Å²) in [5.41, 5.74) is 0.562. The molecule has 1 unspecified atom stereocenters. The molecule has 0 aliphatic carbocycles. The van der Waals surface area contributed by atoms with Crippen LogP contribution in [0.2, 0.25) is 15.1 Å². The Balaban J connectivity index is 1.77. The van der Waals surface area contributed by atoms with Gasteiger partial charge in [0.1, 0.15) is 16.8 Å². The molecule has 1 atom stereocenters. The number of halogens is 3. The van der Waals surface area contributed by atoms with E-state index in [1.807, 2.05) is 0 Å². The van der Waals surface area contributed by atoms with Crippen LogP contribution in [0.15, 0.2) is 36.7 Å². The average Bonchev–Trinajstić information content (AvgIpc) is 3.25. The van der Waals surface area contributed by atoms with Crippen LogP contribution in [-0.2, 0) is 11.3 Å². The summed E-state index contributed by atoms with van der Waals surface area (Å²) in [7, 11) is 0. The predicted molar refractivity (Wildman–Crippen MR) is 105 cm³/mol. The fraction of sp³-hybridized carbons (Fsp3) is 0.176. The molecule has 0 aliphatic rings. The van der Waals surface area contributed by atoms with Crippen molar-refractivity contribution in [1.29, 1.82) is 0 Å². The molecular formula is C17H14Cl3N5O3. The summed E-state index contributed by atoms with van der Waals surface area (Å²) < 4.78 is 2.60. The Labute approximate surface area is 174 Å². The van der Waals surface area contributed by atoms with Gasteiger partial charge in [-0.15, -0.1) is 0 Å². The highest BCUT2D eigenvalue weighted by molar-refractivity contribution is 6.36. The van der Waals surface area contributed by atoms with Gasteiger partial charge in [-0.3, -0.25) is 9.48 Å². The highest BCUT2D eigenvalue weighted by Crippen LogP contribution is 2.27. The van der Waals surface area contributed by atoms with Crippen molar-refractivity contribution in [1.82, 2.24) is 19.6 Å². The van der Waals surface area contributed by atoms with Crippen LogP contribution in [0, 0.1) is 0 Å². The zero-order chi connectivity index (χ0) is 20.4. The third kappa shape index (κ3) is 4.14. The normalized spacial score (nSPS) is 12.0. The van der Waals surface area contributed by atoms with Crippen molar-refractivity contribution in [3.8, 4) is 0 Å². The lowest BCUT2D eigenvalue weighted by atomic mass is 10.2. The molecule has 3 rings (SSSR count). The second kappa shape index (κ2) is 8.22. The van der Waals surface area contributed by atoms with E-state index in [1.165, 1.54) is 30.1 Å². The maximum absolute atomic E-state index is 12.5. The van der Waals surface area contributed by atoms with Crippen LogP contribution in [0.1, 0.15) is 29.0 Å². The Morgan fingerprint density at radius 1 is 1.18 bits per heavy atom. The van der Waals surface area contributed by atoms with E-state index in [0.717, 1.165) is 4.68 Å². The summed E-state index contributed by atoms with van der Waals surface area (Å²) in [4.78, 5) is 23.7. The maximum atomic E-state index is 12.5. The Kier molecular flexibility index (Phi) is 5.93. The molecule has 0 radical (unpaired) electrons. The lowest BCUT2D eigenvalue weighted by Crippen LogP contribution is -2.27. The first-order valence-corrected chi connectivity index (χ1v) is 9.15. The first-order chi connectivity index (χ1) is 13.3. The molecule has 1 amide bonds. The number of anilines is 1. The summed E-state index contributed by atoms with van der Waals surface area (Å²) >= 11 is 18.5. The third-order valence-corrected chi connectivity index (χ3v) is 4.96. The molecule has 3 aromatic rings. The SMILES string of the molecule is CC(C(=O)Nc1nn(Cc2c(Cl)cccc2Cl)cc1Cl)n1nccc1C(=O)O. The Hall–Kier alpha value is -2.55. The molecule has 2 aromatic heterocycles. The molecule has 2 N–H and O–H groups in total. The van der Waals surface area contributed by atoms with E-state index in [1.54, 1.807) is 18.2 Å². The van der Waals surface area contributed by atoms with Crippen molar-refractivity contribution in [3.63, 3.8) is 0 Å². The molecule has 28 heavy (non-hydrogen) atoms. The Morgan fingerprint density at radius 2 is 1.86 bits per heavy atom. The van der Waals surface area contributed by atoms with Crippen molar-refractivity contribution in [2.45, 2.75) is 19.5 Å². The van der Waals surface area contributed by atoms with E-state index in [4.69, 9.17) is 39.9 Å². The van der Waals surface area contributed by atoms with Gasteiger partial charge < -0.3 is 10.4 Å². The minimum absolute atomic E-state index is 0.104. The van der Waals surface area contributed by atoms with Crippen molar-refractivity contribution in [2.24, 2.45) is 0 Å². The second-order valence-electron chi connectivity index (χ2n) is 5.85. The van der Waals surface area contributed by atoms with Crippen LogP contribution in [0.3, 0.4) is 0 Å². The molecule has 0 aliphatic heterocycles. The molecule has 0 saturated carbocycles. The molecule has 8 nitrogen and oxygen atoms in total. The quantitative estimate of drug-likeness (QED) is 0.601. The molecule has 11 heteroatoms. The van der Waals surface area contributed by atoms with Crippen LogP contribution < -0.4 is 5.32 Å². The van der Waals surface area contributed by atoms with Gasteiger partial charge in [-0.25, -0.2) is 9.48 Å². The van der Waals surface area contributed by atoms with Gasteiger partial charge in [0, 0.05) is 28.0 Å². The van der Waals surface area contributed by atoms with E-state index in [-0.39, 0.29) is 23.1 Å². The number of carboxylic acid groups (broad SMARTS) is 1. The van der Waals surface area contributed by atoms with E-state index in [9.17, 15) is 9.59 Å². The molecule has 0 fully saturated rings. The van der Waals surface area contributed by atoms with Crippen LogP contribution in [0.5, 0.6) is 0 Å². The lowest BCUT2D eigenvalue weighted by Gasteiger charge is -2.13. The Bertz CT molecular complexity index is 1030. The van der Waals surface area contributed by atoms with E-state index in [0.29, 0.717) is 15.6 Å². The van der Waals surface area contributed by atoms with Gasteiger partial charge in [0.15, 0.2) is 5.82 Å². The molecule has 2 heterocycles. The number of carbonyl (C=O) groups is 2. The van der Waals surface area contributed by atoms with Crippen LogP contribution in [0.25, 0.3) is 0 Å². The standard InChI is InChI=1S/C17H14Cl3N5O3/c1-9(25-14(17(27)28)5-6-21-25)16(26)22-15-13(20)8-24(23-15)7-10-11(18)3-2-4-12(10)19/h2-6,8-9H,7H2,1H3,(H,27,28)(H,22,23,26). The summed E-state index contributed by atoms with van der Waals surface area (Å²) in [6, 6.07) is 5.57. The monoisotopic (exact) mass is 441 g/mol. The van der Waals surface area contributed by atoms with Crippen LogP contribution in [-0.4, -0.2) is 36.5 Å². The number of nitrogens with zero attached hydrogens (tertiary/aromatic N) is 4. The number of rotatable bonds is 6. The number of aromatic carboxylic acids is 1. The number of amides is 1. The predicted octanol–water partition coefficient (Wildman–Crippen LogP) is 3.99.